The number of aliphatic hydroxyl groups is 1. The van der Waals surface area contributed by atoms with Gasteiger partial charge in [0.2, 0.25) is 0 Å². The molecule has 8 heteroatoms. The van der Waals surface area contributed by atoms with Crippen LogP contribution in [0.5, 0.6) is 11.5 Å². The maximum Gasteiger partial charge on any atom is 0.163 e. The second-order valence-corrected chi connectivity index (χ2v) is 9.26. The van der Waals surface area contributed by atoms with Gasteiger partial charge in [0.05, 0.1) is 35.3 Å². The van der Waals surface area contributed by atoms with Gasteiger partial charge in [-0.2, -0.15) is 0 Å². The number of aromatic nitrogens is 1. The molecule has 0 radical (unpaired) electrons. The number of pyridine rings is 1. The standard InChI is InChI=1S/C27H28ClFN2O4/c1-27(33,13-12-22(32)16-5-10-23(24(15-16)34-3)35-18-6-7-18)25-11-9-21(30-2)26(31-25)17-4-8-20(29)19(28)14-17/h4-5,8-11,14-15,18,30,33H,6-7,12-13H2,1-3H3. The van der Waals surface area contributed by atoms with Crippen LogP contribution in [0.2, 0.25) is 5.02 Å². The van der Waals surface area contributed by atoms with E-state index >= 15 is 0 Å². The number of anilines is 1. The van der Waals surface area contributed by atoms with E-state index < -0.39 is 11.4 Å². The Kier molecular flexibility index (Phi) is 7.28. The maximum atomic E-state index is 13.7. The predicted molar refractivity (Wildman–Crippen MR) is 134 cm³/mol. The summed E-state index contributed by atoms with van der Waals surface area (Å²) in [4.78, 5) is 17.5. The molecule has 0 bridgehead atoms. The molecule has 0 saturated heterocycles. The van der Waals surface area contributed by atoms with Crippen molar-refractivity contribution >= 4 is 23.1 Å². The lowest BCUT2D eigenvalue weighted by atomic mass is 9.92. The Balaban J connectivity index is 1.51. The smallest absolute Gasteiger partial charge is 0.163 e. The Morgan fingerprint density at radius 3 is 2.63 bits per heavy atom. The quantitative estimate of drug-likeness (QED) is 0.333. The van der Waals surface area contributed by atoms with Gasteiger partial charge in [0, 0.05) is 24.6 Å². The fourth-order valence-corrected chi connectivity index (χ4v) is 3.94. The zero-order valence-electron chi connectivity index (χ0n) is 19.9. The van der Waals surface area contributed by atoms with Crippen LogP contribution in [0.25, 0.3) is 11.3 Å². The van der Waals surface area contributed by atoms with Crippen molar-refractivity contribution in [3.63, 3.8) is 0 Å². The summed E-state index contributed by atoms with van der Waals surface area (Å²) in [5.74, 6) is 0.494. The van der Waals surface area contributed by atoms with E-state index in [0.29, 0.717) is 39.7 Å². The number of hydrogen-bond donors (Lipinski definition) is 2. The molecule has 6 nitrogen and oxygen atoms in total. The first-order valence-electron chi connectivity index (χ1n) is 11.5. The number of carbonyl (C=O) groups excluding carboxylic acids is 1. The minimum absolute atomic E-state index is 0.0157. The molecule has 1 aliphatic carbocycles. The lowest BCUT2D eigenvalue weighted by Crippen LogP contribution is -2.24. The number of rotatable bonds is 10. The molecule has 1 saturated carbocycles. The number of Topliss-reactive ketones (excluding diaryl/α,β-unsaturated/α-hetero) is 1. The third-order valence-corrected chi connectivity index (χ3v) is 6.34. The van der Waals surface area contributed by atoms with Crippen molar-refractivity contribution in [1.29, 1.82) is 0 Å². The molecule has 1 unspecified atom stereocenters. The van der Waals surface area contributed by atoms with Crippen molar-refractivity contribution in [2.24, 2.45) is 0 Å². The molecule has 35 heavy (non-hydrogen) atoms. The summed E-state index contributed by atoms with van der Waals surface area (Å²) in [6, 6.07) is 13.0. The summed E-state index contributed by atoms with van der Waals surface area (Å²) in [7, 11) is 3.29. The van der Waals surface area contributed by atoms with Gasteiger partial charge in [0.15, 0.2) is 17.3 Å². The van der Waals surface area contributed by atoms with E-state index in [1.807, 2.05) is 0 Å². The van der Waals surface area contributed by atoms with E-state index in [4.69, 9.17) is 21.1 Å². The van der Waals surface area contributed by atoms with E-state index in [-0.39, 0.29) is 29.8 Å². The molecule has 0 amide bonds. The maximum absolute atomic E-state index is 13.7. The molecular formula is C27H28ClFN2O4. The van der Waals surface area contributed by atoms with Crippen molar-refractivity contribution in [3.05, 3.63) is 70.6 Å². The monoisotopic (exact) mass is 498 g/mol. The number of nitrogens with zero attached hydrogens (tertiary/aromatic N) is 1. The highest BCUT2D eigenvalue weighted by molar-refractivity contribution is 6.31. The van der Waals surface area contributed by atoms with Gasteiger partial charge in [-0.05, 0) is 74.7 Å². The van der Waals surface area contributed by atoms with Crippen LogP contribution in [0.3, 0.4) is 0 Å². The van der Waals surface area contributed by atoms with E-state index in [1.54, 1.807) is 57.5 Å². The number of ether oxygens (including phenoxy) is 2. The molecule has 1 aliphatic rings. The first kappa shape index (κ1) is 24.9. The van der Waals surface area contributed by atoms with Crippen LogP contribution in [-0.4, -0.2) is 36.1 Å². The number of carbonyl (C=O) groups is 1. The number of benzene rings is 2. The van der Waals surface area contributed by atoms with E-state index in [9.17, 15) is 14.3 Å². The molecular weight excluding hydrogens is 471 g/mol. The van der Waals surface area contributed by atoms with E-state index in [1.165, 1.54) is 12.1 Å². The van der Waals surface area contributed by atoms with Crippen molar-refractivity contribution in [2.45, 2.75) is 44.3 Å². The summed E-state index contributed by atoms with van der Waals surface area (Å²) in [6.07, 6.45) is 2.53. The minimum Gasteiger partial charge on any atom is -0.493 e. The molecule has 0 aliphatic heterocycles. The Hall–Kier alpha value is -3.16. The number of methoxy groups -OCH3 is 1. The number of halogens is 2. The van der Waals surface area contributed by atoms with Crippen LogP contribution in [-0.2, 0) is 5.60 Å². The molecule has 1 aromatic heterocycles. The van der Waals surface area contributed by atoms with E-state index in [0.717, 1.165) is 12.8 Å². The van der Waals surface area contributed by atoms with Crippen molar-refractivity contribution in [3.8, 4) is 22.8 Å². The van der Waals surface area contributed by atoms with Crippen LogP contribution < -0.4 is 14.8 Å². The zero-order valence-corrected chi connectivity index (χ0v) is 20.7. The number of nitrogens with one attached hydrogen (secondary N) is 1. The van der Waals surface area contributed by atoms with Gasteiger partial charge >= 0.3 is 0 Å². The van der Waals surface area contributed by atoms with Crippen molar-refractivity contribution < 1.29 is 23.8 Å². The van der Waals surface area contributed by atoms with Gasteiger partial charge in [0.25, 0.3) is 0 Å². The predicted octanol–water partition coefficient (Wildman–Crippen LogP) is 6.00. The Bertz CT molecular complexity index is 1240. The summed E-state index contributed by atoms with van der Waals surface area (Å²) >= 11 is 5.96. The largest absolute Gasteiger partial charge is 0.493 e. The molecule has 3 aromatic rings. The summed E-state index contributed by atoms with van der Waals surface area (Å²) in [5, 5.41) is 14.2. The third-order valence-electron chi connectivity index (χ3n) is 6.05. The van der Waals surface area contributed by atoms with Crippen LogP contribution in [0, 0.1) is 5.82 Å². The molecule has 0 spiro atoms. The molecule has 1 heterocycles. The lowest BCUT2D eigenvalue weighted by Gasteiger charge is -2.24. The average molecular weight is 499 g/mol. The Morgan fingerprint density at radius 1 is 1.20 bits per heavy atom. The van der Waals surface area contributed by atoms with Crippen LogP contribution in [0.15, 0.2) is 48.5 Å². The van der Waals surface area contributed by atoms with Gasteiger partial charge in [0.1, 0.15) is 11.4 Å². The van der Waals surface area contributed by atoms with Crippen LogP contribution >= 0.6 is 11.6 Å². The van der Waals surface area contributed by atoms with Crippen molar-refractivity contribution in [1.82, 2.24) is 4.98 Å². The van der Waals surface area contributed by atoms with Crippen molar-refractivity contribution in [2.75, 3.05) is 19.5 Å². The topological polar surface area (TPSA) is 80.7 Å². The van der Waals surface area contributed by atoms with E-state index in [2.05, 4.69) is 10.3 Å². The van der Waals surface area contributed by atoms with Crippen LogP contribution in [0.4, 0.5) is 10.1 Å². The first-order chi connectivity index (χ1) is 16.7. The van der Waals surface area contributed by atoms with Gasteiger partial charge < -0.3 is 19.9 Å². The highest BCUT2D eigenvalue weighted by Gasteiger charge is 2.28. The first-order valence-corrected chi connectivity index (χ1v) is 11.8. The fraction of sp³-hybridized carbons (Fsp3) is 0.333. The molecule has 2 aromatic carbocycles. The fourth-order valence-electron chi connectivity index (χ4n) is 3.76. The number of ketones is 1. The minimum atomic E-state index is -1.38. The molecule has 1 fully saturated rings. The zero-order chi connectivity index (χ0) is 25.2. The Labute approximate surface area is 209 Å². The summed E-state index contributed by atoms with van der Waals surface area (Å²) < 4.78 is 24.9. The summed E-state index contributed by atoms with van der Waals surface area (Å²) in [5.41, 5.74) is 1.33. The van der Waals surface area contributed by atoms with Gasteiger partial charge in [-0.15, -0.1) is 0 Å². The van der Waals surface area contributed by atoms with Gasteiger partial charge in [-0.1, -0.05) is 11.6 Å². The summed E-state index contributed by atoms with van der Waals surface area (Å²) in [6.45, 7) is 1.62. The van der Waals surface area contributed by atoms with Crippen LogP contribution in [0.1, 0.15) is 48.7 Å². The Morgan fingerprint density at radius 2 is 1.97 bits per heavy atom. The second-order valence-electron chi connectivity index (χ2n) is 8.85. The highest BCUT2D eigenvalue weighted by Crippen LogP contribution is 2.36. The SMILES string of the molecule is CNc1ccc(C(C)(O)CCC(=O)c2ccc(OC3CC3)c(OC)c2)nc1-c1ccc(F)c(Cl)c1. The molecule has 2 N–H and O–H groups in total. The van der Waals surface area contributed by atoms with Gasteiger partial charge in [-0.3, -0.25) is 4.79 Å². The normalized spacial score (nSPS) is 14.8. The molecule has 4 rings (SSSR count). The van der Waals surface area contributed by atoms with Gasteiger partial charge in [-0.25, -0.2) is 9.37 Å². The third kappa shape index (κ3) is 5.74. The lowest BCUT2D eigenvalue weighted by molar-refractivity contribution is 0.0398. The second kappa shape index (κ2) is 10.2. The highest BCUT2D eigenvalue weighted by atomic mass is 35.5. The molecule has 184 valence electrons. The molecule has 1 atom stereocenters. The number of hydrogen-bond acceptors (Lipinski definition) is 6. The average Bonchev–Trinajstić information content (AvgIpc) is 3.68.